The van der Waals surface area contributed by atoms with Crippen LogP contribution in [-0.2, 0) is 9.53 Å². The van der Waals surface area contributed by atoms with Crippen molar-refractivity contribution in [3.05, 3.63) is 0 Å². The van der Waals surface area contributed by atoms with Gasteiger partial charge in [0.25, 0.3) is 0 Å². The predicted octanol–water partition coefficient (Wildman–Crippen LogP) is 0.319. The lowest BCUT2D eigenvalue weighted by Crippen LogP contribution is -2.14. The molecular formula is C7H12O3. The largest absolute Gasteiger partial charge is 0.463 e. The number of esters is 1. The van der Waals surface area contributed by atoms with E-state index in [0.29, 0.717) is 6.42 Å². The second-order valence-corrected chi connectivity index (χ2v) is 2.90. The molecular weight excluding hydrogens is 132 g/mol. The summed E-state index contributed by atoms with van der Waals surface area (Å²) in [5.41, 5.74) is 0. The van der Waals surface area contributed by atoms with Gasteiger partial charge in [-0.1, -0.05) is 0 Å². The van der Waals surface area contributed by atoms with Crippen LogP contribution >= 0.6 is 0 Å². The number of aliphatic hydroxyl groups is 1. The van der Waals surface area contributed by atoms with E-state index in [1.807, 2.05) is 0 Å². The zero-order chi connectivity index (χ0) is 7.72. The summed E-state index contributed by atoms with van der Waals surface area (Å²) in [5, 5.41) is 8.81. The number of ether oxygens (including phenoxy) is 1. The first-order valence-corrected chi connectivity index (χ1v) is 3.50. The molecule has 0 bridgehead atoms. The van der Waals surface area contributed by atoms with E-state index >= 15 is 0 Å². The number of rotatable bonds is 2. The fourth-order valence-corrected chi connectivity index (χ4v) is 0.755. The Hall–Kier alpha value is -0.570. The van der Waals surface area contributed by atoms with Crippen molar-refractivity contribution < 1.29 is 14.6 Å². The zero-order valence-electron chi connectivity index (χ0n) is 6.20. The van der Waals surface area contributed by atoms with Crippen LogP contribution in [0.3, 0.4) is 0 Å². The molecule has 10 heavy (non-hydrogen) atoms. The second-order valence-electron chi connectivity index (χ2n) is 2.90. The maximum absolute atomic E-state index is 10.8. The van der Waals surface area contributed by atoms with E-state index < -0.39 is 6.10 Å². The number of carbonyl (C=O) groups is 1. The molecule has 0 amide bonds. The Morgan fingerprint density at radius 2 is 2.20 bits per heavy atom. The lowest BCUT2D eigenvalue weighted by molar-refractivity contribution is -0.149. The van der Waals surface area contributed by atoms with Crippen LogP contribution in [0.25, 0.3) is 0 Å². The van der Waals surface area contributed by atoms with Crippen molar-refractivity contribution in [1.29, 1.82) is 0 Å². The van der Waals surface area contributed by atoms with E-state index in [1.165, 1.54) is 0 Å². The van der Waals surface area contributed by atoms with E-state index in [-0.39, 0.29) is 18.0 Å². The van der Waals surface area contributed by atoms with Gasteiger partial charge in [0.15, 0.2) is 0 Å². The molecule has 0 heterocycles. The molecule has 0 aliphatic heterocycles. The molecule has 0 saturated heterocycles. The van der Waals surface area contributed by atoms with Crippen molar-refractivity contribution in [3.63, 3.8) is 0 Å². The van der Waals surface area contributed by atoms with Crippen molar-refractivity contribution >= 4 is 5.97 Å². The normalized spacial score (nSPS) is 30.4. The molecule has 0 aromatic rings. The van der Waals surface area contributed by atoms with Gasteiger partial charge >= 0.3 is 5.97 Å². The number of carbonyl (C=O) groups excluding carboxylic acids is 1. The highest BCUT2D eigenvalue weighted by atomic mass is 16.5. The van der Waals surface area contributed by atoms with Crippen LogP contribution in [0.1, 0.15) is 20.3 Å². The molecule has 1 N–H and O–H groups in total. The van der Waals surface area contributed by atoms with Gasteiger partial charge in [-0.25, -0.2) is 0 Å². The highest BCUT2D eigenvalue weighted by Gasteiger charge is 2.43. The van der Waals surface area contributed by atoms with Crippen LogP contribution in [0.4, 0.5) is 0 Å². The summed E-state index contributed by atoms with van der Waals surface area (Å²) in [6.07, 6.45) is 0.0671. The Labute approximate surface area is 60.0 Å². The van der Waals surface area contributed by atoms with Crippen LogP contribution < -0.4 is 0 Å². The van der Waals surface area contributed by atoms with Gasteiger partial charge in [-0.2, -0.15) is 0 Å². The fourth-order valence-electron chi connectivity index (χ4n) is 0.755. The second kappa shape index (κ2) is 2.58. The number of hydrogen-bond donors (Lipinski definition) is 1. The third-order valence-electron chi connectivity index (χ3n) is 1.41. The SMILES string of the molecule is CC(C)OC(=O)[C@H]1C[C@H]1O. The van der Waals surface area contributed by atoms with E-state index in [4.69, 9.17) is 9.84 Å². The Bertz CT molecular complexity index is 142. The minimum Gasteiger partial charge on any atom is -0.463 e. The first-order chi connectivity index (χ1) is 4.61. The molecule has 1 fully saturated rings. The van der Waals surface area contributed by atoms with E-state index in [1.54, 1.807) is 13.8 Å². The topological polar surface area (TPSA) is 46.5 Å². The number of aliphatic hydroxyl groups excluding tert-OH is 1. The van der Waals surface area contributed by atoms with Gasteiger partial charge in [-0.3, -0.25) is 4.79 Å². The zero-order valence-corrected chi connectivity index (χ0v) is 6.20. The monoisotopic (exact) mass is 144 g/mol. The molecule has 1 saturated carbocycles. The predicted molar refractivity (Wildman–Crippen MR) is 35.3 cm³/mol. The van der Waals surface area contributed by atoms with Gasteiger partial charge in [0.05, 0.1) is 18.1 Å². The lowest BCUT2D eigenvalue weighted by atomic mass is 10.4. The van der Waals surface area contributed by atoms with Gasteiger partial charge in [-0.15, -0.1) is 0 Å². The van der Waals surface area contributed by atoms with E-state index in [0.717, 1.165) is 0 Å². The molecule has 0 spiro atoms. The number of hydrogen-bond acceptors (Lipinski definition) is 3. The van der Waals surface area contributed by atoms with Crippen LogP contribution in [0.15, 0.2) is 0 Å². The molecule has 3 nitrogen and oxygen atoms in total. The summed E-state index contributed by atoms with van der Waals surface area (Å²) in [5.74, 6) is -0.495. The average Bonchev–Trinajstić information content (AvgIpc) is 2.44. The van der Waals surface area contributed by atoms with Crippen molar-refractivity contribution in [3.8, 4) is 0 Å². The molecule has 1 aliphatic carbocycles. The van der Waals surface area contributed by atoms with Gasteiger partial charge in [-0.05, 0) is 20.3 Å². The Morgan fingerprint density at radius 3 is 2.50 bits per heavy atom. The van der Waals surface area contributed by atoms with Crippen LogP contribution in [0, 0.1) is 5.92 Å². The first-order valence-electron chi connectivity index (χ1n) is 3.50. The fraction of sp³-hybridized carbons (Fsp3) is 0.857. The van der Waals surface area contributed by atoms with Crippen molar-refractivity contribution in [2.24, 2.45) is 5.92 Å². The van der Waals surface area contributed by atoms with Crippen molar-refractivity contribution in [2.45, 2.75) is 32.5 Å². The molecule has 0 unspecified atom stereocenters. The van der Waals surface area contributed by atoms with Gasteiger partial charge in [0, 0.05) is 0 Å². The summed E-state index contributed by atoms with van der Waals surface area (Å²) in [6.45, 7) is 3.60. The van der Waals surface area contributed by atoms with E-state index in [9.17, 15) is 4.79 Å². The summed E-state index contributed by atoms with van der Waals surface area (Å²) in [7, 11) is 0. The highest BCUT2D eigenvalue weighted by molar-refractivity contribution is 5.76. The standard InChI is InChI=1S/C7H12O3/c1-4(2)10-7(9)5-3-6(5)8/h4-6,8H,3H2,1-2H3/t5-,6+/m0/s1. The van der Waals surface area contributed by atoms with Crippen molar-refractivity contribution in [1.82, 2.24) is 0 Å². The third kappa shape index (κ3) is 1.70. The minimum atomic E-state index is -0.439. The third-order valence-corrected chi connectivity index (χ3v) is 1.41. The van der Waals surface area contributed by atoms with Crippen LogP contribution in [0.5, 0.6) is 0 Å². The highest BCUT2D eigenvalue weighted by Crippen LogP contribution is 2.31. The molecule has 3 heteroatoms. The summed E-state index contributed by atoms with van der Waals surface area (Å²) < 4.78 is 4.85. The molecule has 1 rings (SSSR count). The first kappa shape index (κ1) is 7.54. The van der Waals surface area contributed by atoms with Gasteiger partial charge in [0.1, 0.15) is 0 Å². The van der Waals surface area contributed by atoms with Gasteiger partial charge < -0.3 is 9.84 Å². The van der Waals surface area contributed by atoms with Crippen LogP contribution in [0.2, 0.25) is 0 Å². The van der Waals surface area contributed by atoms with Crippen molar-refractivity contribution in [2.75, 3.05) is 0 Å². The molecule has 1 aliphatic rings. The Kier molecular flexibility index (Phi) is 1.94. The molecule has 2 atom stereocenters. The van der Waals surface area contributed by atoms with Crippen LogP contribution in [-0.4, -0.2) is 23.3 Å². The maximum Gasteiger partial charge on any atom is 0.311 e. The molecule has 0 radical (unpaired) electrons. The average molecular weight is 144 g/mol. The maximum atomic E-state index is 10.8. The summed E-state index contributed by atoms with van der Waals surface area (Å²) in [6, 6.07) is 0. The minimum absolute atomic E-state index is 0.0692. The quantitative estimate of drug-likeness (QED) is 0.568. The van der Waals surface area contributed by atoms with Gasteiger partial charge in [0.2, 0.25) is 0 Å². The summed E-state index contributed by atoms with van der Waals surface area (Å²) in [4.78, 5) is 10.8. The molecule has 58 valence electrons. The summed E-state index contributed by atoms with van der Waals surface area (Å²) >= 11 is 0. The lowest BCUT2D eigenvalue weighted by Gasteiger charge is -2.05. The van der Waals surface area contributed by atoms with E-state index in [2.05, 4.69) is 0 Å². The Balaban J connectivity index is 2.23. The molecule has 0 aromatic carbocycles. The smallest absolute Gasteiger partial charge is 0.311 e. The Morgan fingerprint density at radius 1 is 1.70 bits per heavy atom. The molecule has 0 aromatic heterocycles.